The van der Waals surface area contributed by atoms with E-state index in [-0.39, 0.29) is 10.8 Å². The van der Waals surface area contributed by atoms with Gasteiger partial charge in [0.15, 0.2) is 6.10 Å². The molecule has 0 bridgehead atoms. The molecule has 0 saturated heterocycles. The minimum Gasteiger partial charge on any atom is -0.480 e. The van der Waals surface area contributed by atoms with Crippen LogP contribution in [-0.2, 0) is 4.79 Å². The highest BCUT2D eigenvalue weighted by molar-refractivity contribution is 7.12. The zero-order valence-corrected chi connectivity index (χ0v) is 12.1. The van der Waals surface area contributed by atoms with Crippen LogP contribution in [0.25, 0.3) is 0 Å². The first-order valence-electron chi connectivity index (χ1n) is 6.16. The zero-order chi connectivity index (χ0) is 14.4. The summed E-state index contributed by atoms with van der Waals surface area (Å²) in [6.07, 6.45) is 0.281. The smallest absolute Gasteiger partial charge is 0.346 e. The van der Waals surface area contributed by atoms with Crippen LogP contribution in [0.4, 0.5) is 0 Å². The molecule has 0 aliphatic carbocycles. The Labute approximate surface area is 116 Å². The van der Waals surface area contributed by atoms with Crippen LogP contribution in [0.3, 0.4) is 0 Å². The number of amides is 1. The van der Waals surface area contributed by atoms with E-state index in [9.17, 15) is 9.59 Å². The number of carbonyl (C=O) groups excluding carboxylic acids is 1. The van der Waals surface area contributed by atoms with Crippen molar-refractivity contribution in [1.82, 2.24) is 5.32 Å². The van der Waals surface area contributed by atoms with Crippen LogP contribution < -0.4 is 10.1 Å². The summed E-state index contributed by atoms with van der Waals surface area (Å²) in [5, 5.41) is 13.2. The van der Waals surface area contributed by atoms with Gasteiger partial charge in [0.2, 0.25) is 0 Å². The Morgan fingerprint density at radius 1 is 1.42 bits per heavy atom. The van der Waals surface area contributed by atoms with E-state index < -0.39 is 12.1 Å². The molecule has 0 spiro atoms. The highest BCUT2D eigenvalue weighted by Crippen LogP contribution is 2.22. The number of nitrogens with one attached hydrogen (secondary N) is 1. The predicted molar refractivity (Wildman–Crippen MR) is 73.8 cm³/mol. The standard InChI is InChI=1S/C13H19NO4S/c1-8(2)4-5-14-12(15)9(3)18-10-6-11(13(16)17)19-7-10/h6-9H,4-5H2,1-3H3,(H,14,15)(H,16,17). The molecule has 1 aromatic heterocycles. The topological polar surface area (TPSA) is 75.6 Å². The first kappa shape index (κ1) is 15.5. The number of thiophene rings is 1. The maximum Gasteiger partial charge on any atom is 0.346 e. The third-order valence-electron chi connectivity index (χ3n) is 2.49. The monoisotopic (exact) mass is 285 g/mol. The number of rotatable bonds is 7. The molecule has 0 aliphatic heterocycles. The lowest BCUT2D eigenvalue weighted by Crippen LogP contribution is -2.37. The van der Waals surface area contributed by atoms with Crippen molar-refractivity contribution >= 4 is 23.2 Å². The maximum absolute atomic E-state index is 11.7. The van der Waals surface area contributed by atoms with E-state index in [0.717, 1.165) is 17.8 Å². The van der Waals surface area contributed by atoms with Gasteiger partial charge in [-0.15, -0.1) is 11.3 Å². The van der Waals surface area contributed by atoms with Crippen LogP contribution in [0.15, 0.2) is 11.4 Å². The second-order valence-corrected chi connectivity index (χ2v) is 5.60. The van der Waals surface area contributed by atoms with Crippen LogP contribution in [0.2, 0.25) is 0 Å². The van der Waals surface area contributed by atoms with E-state index in [1.807, 2.05) is 0 Å². The molecule has 2 N–H and O–H groups in total. The fourth-order valence-corrected chi connectivity index (χ4v) is 2.03. The van der Waals surface area contributed by atoms with Crippen molar-refractivity contribution in [1.29, 1.82) is 0 Å². The normalized spacial score (nSPS) is 12.2. The molecule has 0 saturated carbocycles. The highest BCUT2D eigenvalue weighted by atomic mass is 32.1. The fraction of sp³-hybridized carbons (Fsp3) is 0.538. The fourth-order valence-electron chi connectivity index (χ4n) is 1.38. The van der Waals surface area contributed by atoms with Gasteiger partial charge in [-0.25, -0.2) is 4.79 Å². The highest BCUT2D eigenvalue weighted by Gasteiger charge is 2.16. The van der Waals surface area contributed by atoms with Gasteiger partial charge >= 0.3 is 5.97 Å². The number of hydrogen-bond donors (Lipinski definition) is 2. The van der Waals surface area contributed by atoms with Gasteiger partial charge in [-0.2, -0.15) is 0 Å². The average Bonchev–Trinajstić information content (AvgIpc) is 2.76. The molecule has 1 rings (SSSR count). The molecule has 0 aliphatic rings. The minimum absolute atomic E-state index is 0.191. The lowest BCUT2D eigenvalue weighted by Gasteiger charge is -2.14. The maximum atomic E-state index is 11.7. The van der Waals surface area contributed by atoms with Crippen LogP contribution >= 0.6 is 11.3 Å². The van der Waals surface area contributed by atoms with Crippen molar-refractivity contribution in [3.63, 3.8) is 0 Å². The largest absolute Gasteiger partial charge is 0.480 e. The average molecular weight is 285 g/mol. The van der Waals surface area contributed by atoms with Gasteiger partial charge in [0.25, 0.3) is 5.91 Å². The lowest BCUT2D eigenvalue weighted by atomic mass is 10.1. The molecule has 1 heterocycles. The number of carbonyl (C=O) groups is 2. The third-order valence-corrected chi connectivity index (χ3v) is 3.39. The van der Waals surface area contributed by atoms with Gasteiger partial charge in [-0.05, 0) is 19.3 Å². The second-order valence-electron chi connectivity index (χ2n) is 4.69. The van der Waals surface area contributed by atoms with Crippen molar-refractivity contribution < 1.29 is 19.4 Å². The summed E-state index contributed by atoms with van der Waals surface area (Å²) in [7, 11) is 0. The summed E-state index contributed by atoms with van der Waals surface area (Å²) in [5.74, 6) is -0.238. The quantitative estimate of drug-likeness (QED) is 0.806. The summed E-state index contributed by atoms with van der Waals surface area (Å²) < 4.78 is 5.40. The third kappa shape index (κ3) is 5.30. The second kappa shape index (κ2) is 7.13. The number of aromatic carboxylic acids is 1. The summed E-state index contributed by atoms with van der Waals surface area (Å²) in [5.41, 5.74) is 0. The predicted octanol–water partition coefficient (Wildman–Crippen LogP) is 2.38. The van der Waals surface area contributed by atoms with Gasteiger partial charge in [0, 0.05) is 18.0 Å². The molecule has 0 fully saturated rings. The van der Waals surface area contributed by atoms with Crippen LogP contribution in [-0.4, -0.2) is 29.6 Å². The molecule has 0 aromatic carbocycles. The summed E-state index contributed by atoms with van der Waals surface area (Å²) in [4.78, 5) is 22.6. The zero-order valence-electron chi connectivity index (χ0n) is 11.3. The minimum atomic E-state index is -0.992. The molecule has 1 amide bonds. The Bertz CT molecular complexity index is 442. The Morgan fingerprint density at radius 3 is 2.63 bits per heavy atom. The number of carboxylic acid groups (broad SMARTS) is 1. The van der Waals surface area contributed by atoms with Crippen molar-refractivity contribution in [2.45, 2.75) is 33.3 Å². The van der Waals surface area contributed by atoms with Gasteiger partial charge in [-0.3, -0.25) is 4.79 Å². The summed E-state index contributed by atoms with van der Waals surface area (Å²) in [6, 6.07) is 1.42. The summed E-state index contributed by atoms with van der Waals surface area (Å²) in [6.45, 7) is 6.44. The van der Waals surface area contributed by atoms with E-state index in [1.165, 1.54) is 6.07 Å². The first-order chi connectivity index (χ1) is 8.90. The van der Waals surface area contributed by atoms with Crippen LogP contribution in [0, 0.1) is 5.92 Å². The van der Waals surface area contributed by atoms with E-state index >= 15 is 0 Å². The summed E-state index contributed by atoms with van der Waals surface area (Å²) >= 11 is 1.08. The number of hydrogen-bond acceptors (Lipinski definition) is 4. The van der Waals surface area contributed by atoms with Crippen molar-refractivity contribution in [3.05, 3.63) is 16.3 Å². The van der Waals surface area contributed by atoms with Crippen LogP contribution in [0.1, 0.15) is 36.9 Å². The van der Waals surface area contributed by atoms with E-state index in [4.69, 9.17) is 9.84 Å². The molecule has 106 valence electrons. The molecule has 0 radical (unpaired) electrons. The number of carboxylic acids is 1. The Balaban J connectivity index is 2.42. The first-order valence-corrected chi connectivity index (χ1v) is 7.04. The molecule has 1 atom stereocenters. The molecular formula is C13H19NO4S. The van der Waals surface area contributed by atoms with Gasteiger partial charge < -0.3 is 15.2 Å². The molecule has 19 heavy (non-hydrogen) atoms. The molecule has 5 nitrogen and oxygen atoms in total. The van der Waals surface area contributed by atoms with Crippen LogP contribution in [0.5, 0.6) is 5.75 Å². The molecule has 1 aromatic rings. The van der Waals surface area contributed by atoms with E-state index in [1.54, 1.807) is 12.3 Å². The van der Waals surface area contributed by atoms with E-state index in [0.29, 0.717) is 18.2 Å². The molecular weight excluding hydrogens is 266 g/mol. The number of ether oxygens (including phenoxy) is 1. The SMILES string of the molecule is CC(C)CCNC(=O)C(C)Oc1csc(C(=O)O)c1. The Morgan fingerprint density at radius 2 is 2.11 bits per heavy atom. The lowest BCUT2D eigenvalue weighted by molar-refractivity contribution is -0.127. The molecule has 1 unspecified atom stereocenters. The van der Waals surface area contributed by atoms with Crippen molar-refractivity contribution in [3.8, 4) is 5.75 Å². The van der Waals surface area contributed by atoms with Crippen molar-refractivity contribution in [2.75, 3.05) is 6.54 Å². The Hall–Kier alpha value is -1.56. The van der Waals surface area contributed by atoms with Gasteiger partial charge in [0.05, 0.1) is 0 Å². The molecule has 6 heteroatoms. The van der Waals surface area contributed by atoms with E-state index in [2.05, 4.69) is 19.2 Å². The van der Waals surface area contributed by atoms with Crippen molar-refractivity contribution in [2.24, 2.45) is 5.92 Å². The Kier molecular flexibility index (Phi) is 5.82. The van der Waals surface area contributed by atoms with Gasteiger partial charge in [-0.1, -0.05) is 13.8 Å². The van der Waals surface area contributed by atoms with Gasteiger partial charge in [0.1, 0.15) is 10.6 Å².